The predicted molar refractivity (Wildman–Crippen MR) is 206 cm³/mol. The summed E-state index contributed by atoms with van der Waals surface area (Å²) in [5.74, 6) is 1.72. The lowest BCUT2D eigenvalue weighted by molar-refractivity contribution is -0.183. The third kappa shape index (κ3) is 7.95. The standard InChI is InChI=1S/C42H62N4O8/c1-23-31-16-27(42(31,6)7)17-32(23)44-40(50)36-35(24(2)48)34(21-47)54-46(36)19-25-12-11-13-29(37(25)51-10)26-14-30(38-33(15-26)52-22-53-38)39(49)43-28(20-45(8)9)18-41(3,4)5/h11-15,23-24,27-28,31-32,34-36,47-48H,16-22H2,1-10H3,(H,43,49)(H,44,50)/t23-,24-,27-,28-,31+,32?,34-,35+,36-/m0/s1. The lowest BCUT2D eigenvalue weighted by Gasteiger charge is -2.62. The number of carbonyl (C=O) groups excluding carboxylic acids is 2. The third-order valence-corrected chi connectivity index (χ3v) is 12.5. The molecule has 0 spiro atoms. The minimum absolute atomic E-state index is 0.00212. The molecular formula is C42H62N4O8. The molecule has 0 aromatic heterocycles. The Balaban J connectivity index is 1.29. The van der Waals surface area contributed by atoms with Gasteiger partial charge in [-0.05, 0) is 86.6 Å². The Hall–Kier alpha value is -3.42. The molecule has 1 saturated heterocycles. The van der Waals surface area contributed by atoms with E-state index >= 15 is 0 Å². The van der Waals surface area contributed by atoms with E-state index < -0.39 is 24.2 Å². The number of aliphatic hydroxyl groups excluding tert-OH is 2. The largest absolute Gasteiger partial charge is 0.496 e. The zero-order valence-corrected chi connectivity index (χ0v) is 33.8. The van der Waals surface area contributed by atoms with Crippen LogP contribution in [0.1, 0.15) is 83.7 Å². The molecule has 298 valence electrons. The number of nitrogens with one attached hydrogen (secondary N) is 2. The molecule has 2 aromatic carbocycles. The highest BCUT2D eigenvalue weighted by atomic mass is 16.7. The van der Waals surface area contributed by atoms with Crippen molar-refractivity contribution >= 4 is 11.8 Å². The maximum absolute atomic E-state index is 14.3. The molecule has 4 fully saturated rings. The van der Waals surface area contributed by atoms with Gasteiger partial charge in [-0.15, -0.1) is 0 Å². The van der Waals surface area contributed by atoms with Gasteiger partial charge in [-0.25, -0.2) is 0 Å². The Morgan fingerprint density at radius 1 is 1.15 bits per heavy atom. The van der Waals surface area contributed by atoms with Crippen molar-refractivity contribution in [1.82, 2.24) is 20.6 Å². The van der Waals surface area contributed by atoms with E-state index in [-0.39, 0.29) is 54.7 Å². The fourth-order valence-electron chi connectivity index (χ4n) is 9.77. The van der Waals surface area contributed by atoms with Crippen LogP contribution >= 0.6 is 0 Å². The predicted octanol–water partition coefficient (Wildman–Crippen LogP) is 4.85. The lowest BCUT2D eigenvalue weighted by Crippen LogP contribution is -2.62. The molecule has 2 amide bonds. The number of carbonyl (C=O) groups is 2. The molecule has 4 N–H and O–H groups in total. The molecule has 3 aliphatic carbocycles. The van der Waals surface area contributed by atoms with Gasteiger partial charge in [0.1, 0.15) is 17.9 Å². The molecule has 12 heteroatoms. The highest BCUT2D eigenvalue weighted by molar-refractivity contribution is 6.00. The molecular weight excluding hydrogens is 688 g/mol. The number of nitrogens with zero attached hydrogens (tertiary/aromatic N) is 2. The summed E-state index contributed by atoms with van der Waals surface area (Å²) in [6.07, 6.45) is 1.23. The maximum atomic E-state index is 14.3. The summed E-state index contributed by atoms with van der Waals surface area (Å²) >= 11 is 0. The topological polar surface area (TPSA) is 142 Å². The number of hydrogen-bond donors (Lipinski definition) is 4. The van der Waals surface area contributed by atoms with E-state index in [4.69, 9.17) is 19.0 Å². The second kappa shape index (κ2) is 15.6. The van der Waals surface area contributed by atoms with Crippen LogP contribution in [0.3, 0.4) is 0 Å². The molecule has 2 heterocycles. The average molecular weight is 751 g/mol. The zero-order chi connectivity index (χ0) is 39.3. The summed E-state index contributed by atoms with van der Waals surface area (Å²) in [7, 11) is 5.57. The van der Waals surface area contributed by atoms with Gasteiger partial charge in [0.2, 0.25) is 12.7 Å². The van der Waals surface area contributed by atoms with Crippen molar-refractivity contribution < 1.29 is 38.9 Å². The minimum Gasteiger partial charge on any atom is -0.496 e. The van der Waals surface area contributed by atoms with Crippen LogP contribution in [0, 0.1) is 34.5 Å². The second-order valence-corrected chi connectivity index (χ2v) is 18.2. The molecule has 12 nitrogen and oxygen atoms in total. The molecule has 5 aliphatic rings. The Kier molecular flexibility index (Phi) is 11.6. The van der Waals surface area contributed by atoms with Crippen LogP contribution in [-0.2, 0) is 16.2 Å². The number of amides is 2. The fourth-order valence-corrected chi connectivity index (χ4v) is 9.77. The van der Waals surface area contributed by atoms with E-state index in [0.29, 0.717) is 58.2 Å². The van der Waals surface area contributed by atoms with Crippen molar-refractivity contribution in [2.45, 2.75) is 105 Å². The Morgan fingerprint density at radius 3 is 2.50 bits per heavy atom. The van der Waals surface area contributed by atoms with Crippen LogP contribution in [0.4, 0.5) is 0 Å². The molecule has 9 atom stereocenters. The van der Waals surface area contributed by atoms with Crippen molar-refractivity contribution in [3.05, 3.63) is 41.5 Å². The fraction of sp³-hybridized carbons (Fsp3) is 0.667. The van der Waals surface area contributed by atoms with Gasteiger partial charge in [0.05, 0.1) is 31.9 Å². The van der Waals surface area contributed by atoms with Crippen LogP contribution in [-0.4, -0.2) is 103 Å². The second-order valence-electron chi connectivity index (χ2n) is 18.2. The Bertz CT molecular complexity index is 1690. The summed E-state index contributed by atoms with van der Waals surface area (Å²) in [6.45, 7) is 15.5. The Labute approximate surface area is 320 Å². The van der Waals surface area contributed by atoms with E-state index in [1.54, 1.807) is 25.2 Å². The first-order chi connectivity index (χ1) is 25.4. The van der Waals surface area contributed by atoms with E-state index in [1.165, 1.54) is 6.42 Å². The minimum atomic E-state index is -0.911. The number of methoxy groups -OCH3 is 1. The number of hydrogen-bond acceptors (Lipinski definition) is 10. The van der Waals surface area contributed by atoms with Crippen LogP contribution in [0.5, 0.6) is 17.2 Å². The SMILES string of the molecule is COc1c(CN2O[C@@H](CO)[C@@H]([C@H](C)O)[C@H]2C(=O)NC2C[C@@H]3C[C@H]([C@@H]2C)C3(C)C)cccc1-c1cc2c(c(C(=O)N[C@H](CN(C)C)CC(C)(C)C)c1)OCO2. The van der Waals surface area contributed by atoms with Gasteiger partial charge in [-0.3, -0.25) is 14.4 Å². The van der Waals surface area contributed by atoms with Gasteiger partial charge >= 0.3 is 0 Å². The molecule has 2 bridgehead atoms. The first kappa shape index (κ1) is 40.2. The van der Waals surface area contributed by atoms with Crippen molar-refractivity contribution in [1.29, 1.82) is 0 Å². The number of rotatable bonds is 13. The molecule has 1 unspecified atom stereocenters. The van der Waals surface area contributed by atoms with E-state index in [0.717, 1.165) is 18.4 Å². The molecule has 2 aliphatic heterocycles. The van der Waals surface area contributed by atoms with Crippen LogP contribution < -0.4 is 24.8 Å². The van der Waals surface area contributed by atoms with Gasteiger partial charge < -0.3 is 40.0 Å². The number of para-hydroxylation sites is 1. The highest BCUT2D eigenvalue weighted by Crippen LogP contribution is 2.61. The highest BCUT2D eigenvalue weighted by Gasteiger charge is 2.57. The molecule has 2 aromatic rings. The van der Waals surface area contributed by atoms with E-state index in [9.17, 15) is 19.8 Å². The zero-order valence-electron chi connectivity index (χ0n) is 33.8. The van der Waals surface area contributed by atoms with Gasteiger partial charge in [0.15, 0.2) is 11.5 Å². The van der Waals surface area contributed by atoms with E-state index in [1.807, 2.05) is 38.4 Å². The molecule has 7 rings (SSSR count). The smallest absolute Gasteiger partial charge is 0.255 e. The summed E-state index contributed by atoms with van der Waals surface area (Å²) < 4.78 is 17.7. The third-order valence-electron chi connectivity index (χ3n) is 12.5. The summed E-state index contributed by atoms with van der Waals surface area (Å²) in [4.78, 5) is 36.6. The lowest BCUT2D eigenvalue weighted by atomic mass is 9.45. The average Bonchev–Trinajstić information content (AvgIpc) is 3.72. The quantitative estimate of drug-likeness (QED) is 0.225. The molecule has 0 radical (unpaired) electrons. The van der Waals surface area contributed by atoms with Crippen molar-refractivity contribution in [3.8, 4) is 28.4 Å². The number of benzene rings is 2. The van der Waals surface area contributed by atoms with Gasteiger partial charge in [-0.2, -0.15) is 5.06 Å². The van der Waals surface area contributed by atoms with E-state index in [2.05, 4.69) is 57.1 Å². The summed E-state index contributed by atoms with van der Waals surface area (Å²) in [5, 5.41) is 29.5. The number of likely N-dealkylation sites (N-methyl/N-ethyl adjacent to an activating group) is 1. The van der Waals surface area contributed by atoms with Gasteiger partial charge in [0.25, 0.3) is 5.91 Å². The van der Waals surface area contributed by atoms with Crippen LogP contribution in [0.25, 0.3) is 11.1 Å². The van der Waals surface area contributed by atoms with Crippen LogP contribution in [0.2, 0.25) is 0 Å². The van der Waals surface area contributed by atoms with Gasteiger partial charge in [0, 0.05) is 35.7 Å². The Morgan fingerprint density at radius 2 is 1.89 bits per heavy atom. The maximum Gasteiger partial charge on any atom is 0.255 e. The molecule has 3 saturated carbocycles. The molecule has 54 heavy (non-hydrogen) atoms. The number of aliphatic hydroxyl groups is 2. The van der Waals surface area contributed by atoms with Crippen molar-refractivity contribution in [2.75, 3.05) is 41.1 Å². The van der Waals surface area contributed by atoms with Crippen molar-refractivity contribution in [2.24, 2.45) is 34.5 Å². The first-order valence-electron chi connectivity index (χ1n) is 19.5. The van der Waals surface area contributed by atoms with Crippen molar-refractivity contribution in [3.63, 3.8) is 0 Å². The van der Waals surface area contributed by atoms with Crippen LogP contribution in [0.15, 0.2) is 30.3 Å². The monoisotopic (exact) mass is 750 g/mol. The summed E-state index contributed by atoms with van der Waals surface area (Å²) in [5.41, 5.74) is 2.78. The first-order valence-corrected chi connectivity index (χ1v) is 19.5. The van der Waals surface area contributed by atoms with Gasteiger partial charge in [-0.1, -0.05) is 59.7 Å². The normalized spacial score (nSPS) is 28.4. The summed E-state index contributed by atoms with van der Waals surface area (Å²) in [6, 6.07) is 8.45. The number of ether oxygens (including phenoxy) is 3. The number of hydroxylamine groups is 2. The number of fused-ring (bicyclic) bond motifs is 3.